The number of carbonyl (C=O) groups is 2. The van der Waals surface area contributed by atoms with Crippen LogP contribution in [0.2, 0.25) is 0 Å². The van der Waals surface area contributed by atoms with Crippen molar-refractivity contribution in [2.75, 3.05) is 7.11 Å². The number of alkyl carbamates (subject to hydrolysis) is 1. The average molecular weight is 426 g/mol. The molecule has 0 saturated carbocycles. The van der Waals surface area contributed by atoms with Crippen molar-refractivity contribution in [2.24, 2.45) is 0 Å². The number of halogens is 1. The fraction of sp³-hybridized carbons (Fsp3) is 0.450. The summed E-state index contributed by atoms with van der Waals surface area (Å²) in [6, 6.07) is 8.90. The Kier molecular flexibility index (Phi) is 9.64. The monoisotopic (exact) mass is 425 g/mol. The maximum Gasteiger partial charge on any atom is 0.408 e. The van der Waals surface area contributed by atoms with Gasteiger partial charge in [-0.1, -0.05) is 30.3 Å². The van der Waals surface area contributed by atoms with Crippen LogP contribution in [0.3, 0.4) is 0 Å². The molecule has 0 radical (unpaired) electrons. The van der Waals surface area contributed by atoms with Gasteiger partial charge in [0, 0.05) is 18.3 Å². The number of esters is 1. The molecular formula is C20H28ClN3O5. The Bertz CT molecular complexity index is 774. The van der Waals surface area contributed by atoms with Crippen LogP contribution in [0.25, 0.3) is 0 Å². The molecule has 2 aromatic rings. The van der Waals surface area contributed by atoms with Crippen LogP contribution in [0.4, 0.5) is 4.79 Å². The Hall–Kier alpha value is -2.58. The molecule has 0 fully saturated rings. The number of hydrogen-bond donors (Lipinski definition) is 1. The zero-order valence-corrected chi connectivity index (χ0v) is 17.9. The minimum absolute atomic E-state index is 0. The molecule has 1 aromatic carbocycles. The van der Waals surface area contributed by atoms with Gasteiger partial charge in [-0.25, -0.2) is 14.6 Å². The van der Waals surface area contributed by atoms with Gasteiger partial charge in [0.25, 0.3) is 0 Å². The molecule has 1 unspecified atom stereocenters. The Morgan fingerprint density at radius 3 is 2.52 bits per heavy atom. The number of ether oxygens (including phenoxy) is 3. The van der Waals surface area contributed by atoms with Gasteiger partial charge in [-0.2, -0.15) is 0 Å². The van der Waals surface area contributed by atoms with Crippen molar-refractivity contribution in [3.8, 4) is 0 Å². The summed E-state index contributed by atoms with van der Waals surface area (Å²) in [6.45, 7) is 5.97. The van der Waals surface area contributed by atoms with E-state index in [-0.39, 0.29) is 25.6 Å². The molecule has 0 bridgehead atoms. The molecule has 2 rings (SSSR count). The van der Waals surface area contributed by atoms with Crippen LogP contribution in [-0.2, 0) is 38.8 Å². The number of benzene rings is 1. The van der Waals surface area contributed by atoms with E-state index in [0.29, 0.717) is 6.61 Å². The summed E-state index contributed by atoms with van der Waals surface area (Å²) in [5, 5.41) is 2.55. The standard InChI is InChI=1S/C20H27N3O5.ClH/c1-20(2,3)28-19(25)22-17(18(24)26-4)10-16-11-21-13-23(16)14-27-12-15-8-6-5-7-9-15;/h5-9,11,13,17H,10,12,14H2,1-4H3,(H,22,25);1H. The van der Waals surface area contributed by atoms with Crippen molar-refractivity contribution in [1.82, 2.24) is 14.9 Å². The molecule has 0 saturated heterocycles. The van der Waals surface area contributed by atoms with Gasteiger partial charge in [-0.05, 0) is 26.3 Å². The molecule has 0 aliphatic carbocycles. The first-order valence-corrected chi connectivity index (χ1v) is 8.96. The van der Waals surface area contributed by atoms with E-state index in [1.54, 1.807) is 37.9 Å². The van der Waals surface area contributed by atoms with E-state index in [9.17, 15) is 9.59 Å². The maximum absolute atomic E-state index is 12.1. The number of aromatic nitrogens is 2. The number of methoxy groups -OCH3 is 1. The third-order valence-corrected chi connectivity index (χ3v) is 3.73. The molecule has 0 aliphatic rings. The minimum Gasteiger partial charge on any atom is -0.467 e. The number of amides is 1. The largest absolute Gasteiger partial charge is 0.467 e. The van der Waals surface area contributed by atoms with E-state index in [0.717, 1.165) is 11.3 Å². The third kappa shape index (κ3) is 8.53. The van der Waals surface area contributed by atoms with Crippen molar-refractivity contribution < 1.29 is 23.8 Å². The fourth-order valence-electron chi connectivity index (χ4n) is 2.46. The summed E-state index contributed by atoms with van der Waals surface area (Å²) in [7, 11) is 1.27. The molecule has 0 spiro atoms. The van der Waals surface area contributed by atoms with E-state index >= 15 is 0 Å². The molecule has 0 aliphatic heterocycles. The number of hydrogen-bond acceptors (Lipinski definition) is 6. The molecule has 160 valence electrons. The van der Waals surface area contributed by atoms with Gasteiger partial charge in [-0.3, -0.25) is 0 Å². The van der Waals surface area contributed by atoms with E-state index in [2.05, 4.69) is 10.3 Å². The van der Waals surface area contributed by atoms with E-state index < -0.39 is 23.7 Å². The fourth-order valence-corrected chi connectivity index (χ4v) is 2.46. The second-order valence-electron chi connectivity index (χ2n) is 7.24. The van der Waals surface area contributed by atoms with Crippen LogP contribution in [0.5, 0.6) is 0 Å². The highest BCUT2D eigenvalue weighted by molar-refractivity contribution is 5.85. The summed E-state index contributed by atoms with van der Waals surface area (Å²) in [5.74, 6) is -0.566. The number of rotatable bonds is 8. The van der Waals surface area contributed by atoms with E-state index in [1.165, 1.54) is 7.11 Å². The van der Waals surface area contributed by atoms with Crippen molar-refractivity contribution in [3.63, 3.8) is 0 Å². The van der Waals surface area contributed by atoms with Gasteiger partial charge in [0.05, 0.1) is 20.0 Å². The molecule has 1 aromatic heterocycles. The topological polar surface area (TPSA) is 91.7 Å². The molecule has 9 heteroatoms. The predicted molar refractivity (Wildman–Crippen MR) is 110 cm³/mol. The Morgan fingerprint density at radius 1 is 1.21 bits per heavy atom. The first kappa shape index (κ1) is 24.5. The first-order valence-electron chi connectivity index (χ1n) is 8.96. The Balaban J connectivity index is 0.00000420. The summed E-state index contributed by atoms with van der Waals surface area (Å²) in [5.41, 5.74) is 1.11. The maximum atomic E-state index is 12.1. The predicted octanol–water partition coefficient (Wildman–Crippen LogP) is 3.09. The normalized spacial score (nSPS) is 11.9. The molecule has 1 atom stereocenters. The van der Waals surface area contributed by atoms with Crippen LogP contribution in [0.1, 0.15) is 32.0 Å². The lowest BCUT2D eigenvalue weighted by Crippen LogP contribution is -2.45. The van der Waals surface area contributed by atoms with Crippen LogP contribution < -0.4 is 5.32 Å². The van der Waals surface area contributed by atoms with Crippen molar-refractivity contribution in [3.05, 3.63) is 54.1 Å². The SMILES string of the molecule is COC(=O)C(Cc1cncn1COCc1ccccc1)NC(=O)OC(C)(C)C.Cl. The van der Waals surface area contributed by atoms with Crippen molar-refractivity contribution >= 4 is 24.5 Å². The van der Waals surface area contributed by atoms with Gasteiger partial charge < -0.3 is 24.1 Å². The molecule has 8 nitrogen and oxygen atoms in total. The van der Waals surface area contributed by atoms with Gasteiger partial charge in [0.15, 0.2) is 0 Å². The van der Waals surface area contributed by atoms with Gasteiger partial charge in [0.2, 0.25) is 0 Å². The van der Waals surface area contributed by atoms with Gasteiger partial charge in [0.1, 0.15) is 18.4 Å². The smallest absolute Gasteiger partial charge is 0.408 e. The van der Waals surface area contributed by atoms with Crippen LogP contribution in [-0.4, -0.2) is 40.4 Å². The summed E-state index contributed by atoms with van der Waals surface area (Å²) < 4.78 is 17.5. The highest BCUT2D eigenvalue weighted by Crippen LogP contribution is 2.10. The summed E-state index contributed by atoms with van der Waals surface area (Å²) in [6.07, 6.45) is 2.75. The van der Waals surface area contributed by atoms with Crippen LogP contribution in [0.15, 0.2) is 42.9 Å². The Labute approximate surface area is 177 Å². The first-order chi connectivity index (χ1) is 13.3. The number of nitrogens with one attached hydrogen (secondary N) is 1. The number of carbonyl (C=O) groups excluding carboxylic acids is 2. The van der Waals surface area contributed by atoms with Crippen LogP contribution in [0, 0.1) is 0 Å². The lowest BCUT2D eigenvalue weighted by Gasteiger charge is -2.22. The molecule has 1 amide bonds. The quantitative estimate of drug-likeness (QED) is 0.653. The zero-order valence-electron chi connectivity index (χ0n) is 17.1. The second-order valence-corrected chi connectivity index (χ2v) is 7.24. The highest BCUT2D eigenvalue weighted by Gasteiger charge is 2.26. The van der Waals surface area contributed by atoms with Gasteiger partial charge >= 0.3 is 12.1 Å². The lowest BCUT2D eigenvalue weighted by atomic mass is 10.1. The zero-order chi connectivity index (χ0) is 20.6. The van der Waals surface area contributed by atoms with Gasteiger partial charge in [-0.15, -0.1) is 12.4 Å². The molecule has 1 heterocycles. The lowest BCUT2D eigenvalue weighted by molar-refractivity contribution is -0.143. The second kappa shape index (κ2) is 11.4. The third-order valence-electron chi connectivity index (χ3n) is 3.73. The number of nitrogens with zero attached hydrogens (tertiary/aromatic N) is 2. The van der Waals surface area contributed by atoms with Crippen LogP contribution >= 0.6 is 12.4 Å². The molecule has 29 heavy (non-hydrogen) atoms. The Morgan fingerprint density at radius 2 is 1.90 bits per heavy atom. The van der Waals surface area contributed by atoms with E-state index in [4.69, 9.17) is 14.2 Å². The summed E-state index contributed by atoms with van der Waals surface area (Å²) in [4.78, 5) is 28.3. The molecule has 1 N–H and O–H groups in total. The number of imidazole rings is 1. The summed E-state index contributed by atoms with van der Waals surface area (Å²) >= 11 is 0. The van der Waals surface area contributed by atoms with Crippen molar-refractivity contribution in [2.45, 2.75) is 52.2 Å². The minimum atomic E-state index is -0.899. The van der Waals surface area contributed by atoms with E-state index in [1.807, 2.05) is 30.3 Å². The van der Waals surface area contributed by atoms with Crippen molar-refractivity contribution in [1.29, 1.82) is 0 Å². The highest BCUT2D eigenvalue weighted by atomic mass is 35.5. The average Bonchev–Trinajstić information content (AvgIpc) is 3.07. The molecular weight excluding hydrogens is 398 g/mol.